The second kappa shape index (κ2) is 22.1. The number of unbranched alkanes of at least 4 members (excludes halogenated alkanes) is 3. The van der Waals surface area contributed by atoms with Crippen LogP contribution in [-0.2, 0) is 21.1 Å². The lowest BCUT2D eigenvalue weighted by molar-refractivity contribution is -0.132. The van der Waals surface area contributed by atoms with Gasteiger partial charge in [0.25, 0.3) is 12.0 Å². The van der Waals surface area contributed by atoms with Crippen molar-refractivity contribution in [1.82, 2.24) is 4.57 Å². The van der Waals surface area contributed by atoms with Crippen molar-refractivity contribution in [3.05, 3.63) is 66.9 Å². The van der Waals surface area contributed by atoms with E-state index in [1.807, 2.05) is 0 Å². The number of benzene rings is 2. The number of thiophene rings is 5. The molecule has 0 bridgehead atoms. The highest BCUT2D eigenvalue weighted by Crippen LogP contribution is 2.68. The minimum Gasteiger partial charge on any atom is -0.485 e. The summed E-state index contributed by atoms with van der Waals surface area (Å²) in [6.07, 6.45) is 6.26. The van der Waals surface area contributed by atoms with Crippen LogP contribution in [0.5, 0.6) is 57.5 Å². The number of hydrogen-bond acceptors (Lipinski definition) is 23. The van der Waals surface area contributed by atoms with Gasteiger partial charge in [-0.15, -0.1) is 68.0 Å². The minimum atomic E-state index is -1.54. The number of fused-ring (bicyclic) bond motifs is 7. The summed E-state index contributed by atoms with van der Waals surface area (Å²) < 4.78 is 70.5. The molecule has 14 rings (SSSR count). The van der Waals surface area contributed by atoms with E-state index >= 15 is 0 Å². The van der Waals surface area contributed by atoms with Gasteiger partial charge in [-0.05, 0) is 42.3 Å². The van der Waals surface area contributed by atoms with Crippen molar-refractivity contribution in [3.8, 4) is 113 Å². The van der Waals surface area contributed by atoms with Crippen LogP contribution in [0.3, 0.4) is 0 Å². The third-order valence-corrected chi connectivity index (χ3v) is 22.6. The fraction of sp³-hybridized carbons (Fsp3) is 0.298. The van der Waals surface area contributed by atoms with Crippen molar-refractivity contribution in [2.75, 3.05) is 77.5 Å². The fourth-order valence-corrected chi connectivity index (χ4v) is 19.1. The van der Waals surface area contributed by atoms with E-state index in [1.165, 1.54) is 74.4 Å². The average Bonchev–Trinajstić information content (AvgIpc) is 2.82. The van der Waals surface area contributed by atoms with E-state index in [2.05, 4.69) is 54.3 Å². The SMILES string of the molecule is CCCCCCN1c2ccccc2Sc2cc(-c3sc(-c4sc(-c5sc(-c6sc(-c7sc(/C=c8/s/c(=C(\C#N)C(=O)O)n(COC=O)c8=O)c8c7OCCO8)c7c6OCCO7)c6c5OCCO6)c5c4OCCO5)c4c3OCCO4)ccc21. The van der Waals surface area contributed by atoms with E-state index in [4.69, 9.17) is 52.1 Å². The summed E-state index contributed by atoms with van der Waals surface area (Å²) in [7, 11) is 0. The molecule has 0 saturated heterocycles. The lowest BCUT2D eigenvalue weighted by Crippen LogP contribution is -2.33. The average molecular weight is 1240 g/mol. The van der Waals surface area contributed by atoms with Crippen molar-refractivity contribution in [3.63, 3.8) is 0 Å². The molecule has 8 aromatic rings. The Morgan fingerprint density at radius 1 is 0.598 bits per heavy atom. The summed E-state index contributed by atoms with van der Waals surface area (Å²) in [6.45, 7) is 5.89. The lowest BCUT2D eigenvalue weighted by Gasteiger charge is -2.33. The maximum atomic E-state index is 13.8. The third kappa shape index (κ3) is 9.00. The molecule has 2 aromatic carbocycles. The number of aromatic nitrogens is 1. The molecule has 0 unspecified atom stereocenters. The number of aliphatic carboxylic acids is 1. The summed E-state index contributed by atoms with van der Waals surface area (Å²) in [5.41, 5.74) is 2.14. The fourth-order valence-electron chi connectivity index (χ4n) is 10.4. The zero-order valence-corrected chi connectivity index (χ0v) is 49.1. The molecule has 6 aliphatic rings. The number of ether oxygens (including phenoxy) is 11. The van der Waals surface area contributed by atoms with Gasteiger partial charge in [0.05, 0.1) is 64.7 Å². The number of nitriles is 1. The molecule has 82 heavy (non-hydrogen) atoms. The minimum absolute atomic E-state index is 0.0699. The first-order valence-electron chi connectivity index (χ1n) is 26.3. The van der Waals surface area contributed by atoms with Gasteiger partial charge in [-0.25, -0.2) is 4.79 Å². The molecule has 18 nitrogen and oxygen atoms in total. The van der Waals surface area contributed by atoms with E-state index in [9.17, 15) is 24.8 Å². The summed E-state index contributed by atoms with van der Waals surface area (Å²) >= 11 is 9.94. The molecular weight excluding hydrogens is 1190 g/mol. The highest BCUT2D eigenvalue weighted by molar-refractivity contribution is 7.99. The topological polar surface area (TPSA) is 205 Å². The molecule has 420 valence electrons. The molecule has 0 spiro atoms. The number of thiazole rings is 1. The molecule has 0 radical (unpaired) electrons. The Morgan fingerprint density at radius 3 is 1.56 bits per heavy atom. The number of nitrogens with zero attached hydrogens (tertiary/aromatic N) is 3. The quantitative estimate of drug-likeness (QED) is 0.0748. The highest BCUT2D eigenvalue weighted by Gasteiger charge is 2.40. The molecule has 1 N–H and O–H groups in total. The monoisotopic (exact) mass is 1240 g/mol. The summed E-state index contributed by atoms with van der Waals surface area (Å²) in [6, 6.07) is 17.0. The van der Waals surface area contributed by atoms with Crippen LogP contribution in [-0.4, -0.2) is 94.7 Å². The van der Waals surface area contributed by atoms with Gasteiger partial charge in [0.1, 0.15) is 76.8 Å². The first kappa shape index (κ1) is 52.7. The van der Waals surface area contributed by atoms with Crippen molar-refractivity contribution in [2.45, 2.75) is 49.1 Å². The van der Waals surface area contributed by atoms with Crippen molar-refractivity contribution >= 4 is 115 Å². The Morgan fingerprint density at radius 2 is 1.06 bits per heavy atom. The van der Waals surface area contributed by atoms with E-state index in [0.717, 1.165) is 68.6 Å². The Kier molecular flexibility index (Phi) is 14.2. The summed E-state index contributed by atoms with van der Waals surface area (Å²) in [5, 5.41) is 19.5. The van der Waals surface area contributed by atoms with Crippen LogP contribution in [0.4, 0.5) is 11.4 Å². The molecular formula is C57H45N3O15S7. The molecule has 0 aliphatic carbocycles. The number of anilines is 2. The Bertz CT molecular complexity index is 4140. The molecule has 6 aliphatic heterocycles. The van der Waals surface area contributed by atoms with Gasteiger partial charge < -0.3 is 62.1 Å². The molecule has 25 heteroatoms. The van der Waals surface area contributed by atoms with Gasteiger partial charge >= 0.3 is 5.97 Å². The van der Waals surface area contributed by atoms with Crippen molar-refractivity contribution in [2.24, 2.45) is 0 Å². The number of para-hydroxylation sites is 1. The van der Waals surface area contributed by atoms with Crippen LogP contribution in [0.2, 0.25) is 0 Å². The lowest BCUT2D eigenvalue weighted by atomic mass is 10.1. The molecule has 0 fully saturated rings. The number of carbonyl (C=O) groups is 2. The van der Waals surface area contributed by atoms with Gasteiger partial charge in [0.2, 0.25) is 0 Å². The number of rotatable bonds is 15. The summed E-state index contributed by atoms with van der Waals surface area (Å²) in [4.78, 5) is 49.5. The number of carboxylic acids is 1. The van der Waals surface area contributed by atoms with Crippen LogP contribution in [0, 0.1) is 11.3 Å². The molecule has 0 atom stereocenters. The Hall–Kier alpha value is -7.31. The van der Waals surface area contributed by atoms with E-state index in [1.54, 1.807) is 46.6 Å². The number of carboxylic acid groups (broad SMARTS) is 1. The van der Waals surface area contributed by atoms with E-state index in [0.29, 0.717) is 112 Å². The van der Waals surface area contributed by atoms with Gasteiger partial charge in [0, 0.05) is 16.3 Å². The second-order valence-corrected chi connectivity index (χ2v) is 26.2. The standard InChI is InChI=1S/C57H45N3O15S7/c1-2-3-4-7-12-59-30-8-5-6-9-32(30)76-33-23-28(10-11-31(33)59)46-38-39(69-16-15-68-38)49(79-46)50-42-43(73-20-19-72-42)53(81-50)54-45-44(74-21-22-75-45)52(82-54)51-41-40(70-17-18-71-41)48(80-51)47-37-36(66-13-14-67-37)34(77-47)24-35-55(62)60(26-65-27-61)56(78-35)29(25-58)57(63)64/h5-6,8-11,23-24,27H,2-4,7,12-22,26H2,1H3,(H,63,64)/b35-24+,56-29+. The smallest absolute Gasteiger partial charge is 0.349 e. The molecule has 12 heterocycles. The largest absolute Gasteiger partial charge is 0.485 e. The van der Waals surface area contributed by atoms with Gasteiger partial charge in [-0.2, -0.15) is 5.26 Å². The molecule has 6 aromatic heterocycles. The van der Waals surface area contributed by atoms with Crippen LogP contribution in [0.25, 0.3) is 61.1 Å². The Labute approximate surface area is 495 Å². The van der Waals surface area contributed by atoms with E-state index < -0.39 is 23.8 Å². The second-order valence-electron chi connectivity index (χ2n) is 18.9. The van der Waals surface area contributed by atoms with Gasteiger partial charge in [-0.3, -0.25) is 14.2 Å². The van der Waals surface area contributed by atoms with E-state index in [-0.39, 0.29) is 42.1 Å². The first-order chi connectivity index (χ1) is 40.3. The van der Waals surface area contributed by atoms with Crippen LogP contribution >= 0.6 is 79.8 Å². The maximum absolute atomic E-state index is 13.8. The van der Waals surface area contributed by atoms with Crippen LogP contribution in [0.1, 0.15) is 37.5 Å². The van der Waals surface area contributed by atoms with Crippen molar-refractivity contribution < 1.29 is 66.8 Å². The van der Waals surface area contributed by atoms with Crippen LogP contribution < -0.4 is 67.0 Å². The predicted octanol–water partition coefficient (Wildman–Crippen LogP) is 11.3. The third-order valence-electron chi connectivity index (χ3n) is 14.0. The van der Waals surface area contributed by atoms with Gasteiger partial charge in [-0.1, -0.05) is 56.1 Å². The Balaban J connectivity index is 0.864. The van der Waals surface area contributed by atoms with Gasteiger partial charge in [0.15, 0.2) is 69.8 Å². The van der Waals surface area contributed by atoms with Crippen molar-refractivity contribution in [1.29, 1.82) is 5.26 Å². The summed E-state index contributed by atoms with van der Waals surface area (Å²) in [5.74, 6) is 3.99. The zero-order chi connectivity index (χ0) is 55.6. The number of carbonyl (C=O) groups excluding carboxylic acids is 1. The molecule has 0 amide bonds. The first-order valence-corrected chi connectivity index (χ1v) is 32.0. The highest BCUT2D eigenvalue weighted by atomic mass is 32.2. The maximum Gasteiger partial charge on any atom is 0.349 e. The number of hydrogen-bond donors (Lipinski definition) is 1. The predicted molar refractivity (Wildman–Crippen MR) is 315 cm³/mol. The normalized spacial score (nSPS) is 15.8. The molecule has 0 saturated carbocycles. The van der Waals surface area contributed by atoms with Crippen LogP contribution in [0.15, 0.2) is 57.1 Å². The zero-order valence-electron chi connectivity index (χ0n) is 43.4.